The maximum atomic E-state index is 10.7. The third-order valence-electron chi connectivity index (χ3n) is 1.97. The summed E-state index contributed by atoms with van der Waals surface area (Å²) in [6, 6.07) is 9.08. The van der Waals surface area contributed by atoms with Gasteiger partial charge < -0.3 is 10.1 Å². The van der Waals surface area contributed by atoms with E-state index in [1.807, 2.05) is 24.3 Å². The highest BCUT2D eigenvalue weighted by atomic mass is 16.5. The summed E-state index contributed by atoms with van der Waals surface area (Å²) in [6.07, 6.45) is 0.650. The van der Waals surface area contributed by atoms with Crippen LogP contribution in [0.15, 0.2) is 24.3 Å². The molecule has 1 aromatic rings. The average Bonchev–Trinajstić information content (AvgIpc) is 2.29. The Kier molecular flexibility index (Phi) is 4.17. The first-order chi connectivity index (χ1) is 7.27. The van der Waals surface area contributed by atoms with Gasteiger partial charge in [-0.3, -0.25) is 4.79 Å². The number of methoxy groups -OCH3 is 1. The number of rotatable bonds is 4. The normalized spacial score (nSPS) is 9.07. The molecule has 0 saturated heterocycles. The predicted molar refractivity (Wildman–Crippen MR) is 55.3 cm³/mol. The van der Waals surface area contributed by atoms with Gasteiger partial charge in [0.2, 0.25) is 0 Å². The monoisotopic (exact) mass is 204 g/mol. The van der Waals surface area contributed by atoms with E-state index in [1.165, 1.54) is 6.07 Å². The van der Waals surface area contributed by atoms with E-state index in [9.17, 15) is 4.79 Å². The Bertz CT molecular complexity index is 382. The van der Waals surface area contributed by atoms with Crippen molar-refractivity contribution in [3.63, 3.8) is 0 Å². The van der Waals surface area contributed by atoms with E-state index in [-0.39, 0.29) is 0 Å². The molecular formula is C11H12N2O2. The van der Waals surface area contributed by atoms with Gasteiger partial charge in [0.05, 0.1) is 7.11 Å². The minimum absolute atomic E-state index is 0.437. The fourth-order valence-corrected chi connectivity index (χ4v) is 1.26. The Morgan fingerprint density at radius 2 is 2.27 bits per heavy atom. The van der Waals surface area contributed by atoms with Crippen molar-refractivity contribution in [2.75, 3.05) is 13.7 Å². The predicted octanol–water partition coefficient (Wildman–Crippen LogP) is 0.877. The van der Waals surface area contributed by atoms with Crippen LogP contribution < -0.4 is 10.1 Å². The van der Waals surface area contributed by atoms with Crippen LogP contribution in [0.2, 0.25) is 0 Å². The number of carbonyl (C=O) groups excluding carboxylic acids is 1. The minimum atomic E-state index is -0.607. The van der Waals surface area contributed by atoms with Crippen molar-refractivity contribution in [1.82, 2.24) is 5.32 Å². The summed E-state index contributed by atoms with van der Waals surface area (Å²) in [6.45, 7) is 0.437. The van der Waals surface area contributed by atoms with Crippen LogP contribution in [0.4, 0.5) is 0 Å². The van der Waals surface area contributed by atoms with E-state index in [4.69, 9.17) is 10.00 Å². The number of hydrogen-bond acceptors (Lipinski definition) is 3. The van der Waals surface area contributed by atoms with E-state index < -0.39 is 5.91 Å². The van der Waals surface area contributed by atoms with Gasteiger partial charge in [-0.1, -0.05) is 18.2 Å². The van der Waals surface area contributed by atoms with Crippen LogP contribution >= 0.6 is 0 Å². The average molecular weight is 204 g/mol. The molecule has 78 valence electrons. The van der Waals surface area contributed by atoms with Crippen molar-refractivity contribution in [3.8, 4) is 11.8 Å². The number of nitrogens with zero attached hydrogens (tertiary/aromatic N) is 1. The maximum absolute atomic E-state index is 10.7. The summed E-state index contributed by atoms with van der Waals surface area (Å²) in [5, 5.41) is 10.7. The molecular weight excluding hydrogens is 192 g/mol. The van der Waals surface area contributed by atoms with Crippen molar-refractivity contribution in [2.24, 2.45) is 0 Å². The first kappa shape index (κ1) is 11.1. The molecule has 0 atom stereocenters. The molecule has 4 nitrogen and oxygen atoms in total. The highest BCUT2D eigenvalue weighted by Crippen LogP contribution is 2.16. The number of carbonyl (C=O) groups is 1. The summed E-state index contributed by atoms with van der Waals surface area (Å²) in [4.78, 5) is 10.7. The van der Waals surface area contributed by atoms with Crippen molar-refractivity contribution in [1.29, 1.82) is 5.26 Å². The number of hydrogen-bond donors (Lipinski definition) is 1. The molecule has 0 saturated carbocycles. The molecule has 0 bridgehead atoms. The lowest BCUT2D eigenvalue weighted by Crippen LogP contribution is -2.23. The number of benzene rings is 1. The van der Waals surface area contributed by atoms with Gasteiger partial charge in [0.1, 0.15) is 5.75 Å². The van der Waals surface area contributed by atoms with Crippen molar-refractivity contribution in [2.45, 2.75) is 6.42 Å². The van der Waals surface area contributed by atoms with Gasteiger partial charge in [0.15, 0.2) is 6.07 Å². The number of ether oxygens (including phenoxy) is 1. The molecule has 0 spiro atoms. The van der Waals surface area contributed by atoms with E-state index in [0.29, 0.717) is 13.0 Å². The van der Waals surface area contributed by atoms with Crippen LogP contribution in [0, 0.1) is 11.3 Å². The second-order valence-electron chi connectivity index (χ2n) is 2.93. The SMILES string of the molecule is COc1ccccc1CCNC(=O)C#N. The van der Waals surface area contributed by atoms with E-state index in [1.54, 1.807) is 7.11 Å². The molecule has 15 heavy (non-hydrogen) atoms. The van der Waals surface area contributed by atoms with Crippen LogP contribution in [0.3, 0.4) is 0 Å². The van der Waals surface area contributed by atoms with Gasteiger partial charge in [-0.15, -0.1) is 0 Å². The quantitative estimate of drug-likeness (QED) is 0.740. The molecule has 0 radical (unpaired) electrons. The topological polar surface area (TPSA) is 62.1 Å². The second kappa shape index (κ2) is 5.66. The van der Waals surface area contributed by atoms with Crippen LogP contribution in [0.1, 0.15) is 5.56 Å². The zero-order chi connectivity index (χ0) is 11.1. The molecule has 0 aliphatic carbocycles. The third kappa shape index (κ3) is 3.31. The summed E-state index contributed by atoms with van der Waals surface area (Å²) >= 11 is 0. The summed E-state index contributed by atoms with van der Waals surface area (Å²) < 4.78 is 5.15. The van der Waals surface area contributed by atoms with Gasteiger partial charge in [-0.25, -0.2) is 0 Å². The van der Waals surface area contributed by atoms with Crippen LogP contribution in [-0.4, -0.2) is 19.6 Å². The highest BCUT2D eigenvalue weighted by molar-refractivity contribution is 5.91. The molecule has 4 heteroatoms. The molecule has 0 aliphatic heterocycles. The lowest BCUT2D eigenvalue weighted by atomic mass is 10.1. The zero-order valence-corrected chi connectivity index (χ0v) is 8.49. The van der Waals surface area contributed by atoms with Crippen molar-refractivity contribution in [3.05, 3.63) is 29.8 Å². The molecule has 1 rings (SSSR count). The van der Waals surface area contributed by atoms with Gasteiger partial charge in [-0.2, -0.15) is 5.26 Å². The lowest BCUT2D eigenvalue weighted by molar-refractivity contribution is -0.115. The van der Waals surface area contributed by atoms with E-state index in [0.717, 1.165) is 11.3 Å². The number of para-hydroxylation sites is 1. The maximum Gasteiger partial charge on any atom is 0.322 e. The minimum Gasteiger partial charge on any atom is -0.496 e. The number of amides is 1. The van der Waals surface area contributed by atoms with E-state index in [2.05, 4.69) is 5.32 Å². The molecule has 0 fully saturated rings. The Morgan fingerprint density at radius 3 is 2.93 bits per heavy atom. The van der Waals surface area contributed by atoms with Crippen LogP contribution in [0.5, 0.6) is 5.75 Å². The second-order valence-corrected chi connectivity index (χ2v) is 2.93. The molecule has 0 aromatic heterocycles. The zero-order valence-electron chi connectivity index (χ0n) is 8.49. The van der Waals surface area contributed by atoms with Crippen LogP contribution in [-0.2, 0) is 11.2 Å². The first-order valence-electron chi connectivity index (χ1n) is 4.57. The fourth-order valence-electron chi connectivity index (χ4n) is 1.26. The molecule has 0 unspecified atom stereocenters. The van der Waals surface area contributed by atoms with Crippen molar-refractivity contribution >= 4 is 5.91 Å². The number of nitrogens with one attached hydrogen (secondary N) is 1. The van der Waals surface area contributed by atoms with Crippen molar-refractivity contribution < 1.29 is 9.53 Å². The van der Waals surface area contributed by atoms with Gasteiger partial charge in [0.25, 0.3) is 0 Å². The molecule has 1 amide bonds. The van der Waals surface area contributed by atoms with E-state index >= 15 is 0 Å². The first-order valence-corrected chi connectivity index (χ1v) is 4.57. The fraction of sp³-hybridized carbons (Fsp3) is 0.273. The molecule has 1 aromatic carbocycles. The number of nitriles is 1. The Labute approximate surface area is 88.5 Å². The summed E-state index contributed by atoms with van der Waals surface area (Å²) in [7, 11) is 1.60. The van der Waals surface area contributed by atoms with Crippen LogP contribution in [0.25, 0.3) is 0 Å². The smallest absolute Gasteiger partial charge is 0.322 e. The largest absolute Gasteiger partial charge is 0.496 e. The standard InChI is InChI=1S/C11H12N2O2/c1-15-10-5-3-2-4-9(10)6-7-13-11(14)8-12/h2-5H,6-7H2,1H3,(H,13,14). The highest BCUT2D eigenvalue weighted by Gasteiger charge is 2.02. The molecule has 0 heterocycles. The Hall–Kier alpha value is -2.02. The Balaban J connectivity index is 2.51. The molecule has 0 aliphatic rings. The molecule has 1 N–H and O–H groups in total. The lowest BCUT2D eigenvalue weighted by Gasteiger charge is -2.07. The van der Waals surface area contributed by atoms with Gasteiger partial charge >= 0.3 is 5.91 Å². The Morgan fingerprint density at radius 1 is 1.53 bits per heavy atom. The van der Waals surface area contributed by atoms with Gasteiger partial charge in [0, 0.05) is 6.54 Å². The van der Waals surface area contributed by atoms with Gasteiger partial charge in [-0.05, 0) is 18.1 Å². The summed E-state index contributed by atoms with van der Waals surface area (Å²) in [5.74, 6) is 0.189. The third-order valence-corrected chi connectivity index (χ3v) is 1.97. The summed E-state index contributed by atoms with van der Waals surface area (Å²) in [5.41, 5.74) is 1.01.